The lowest BCUT2D eigenvalue weighted by Gasteiger charge is -2.08. The standard InChI is InChI=1S/C8H11N3O3/c1-2-14-8-5-6(11(12)13)3-4-7(8)10-9/h3-5,10H,2,9H2,1H3. The van der Waals surface area contributed by atoms with Gasteiger partial charge in [-0.05, 0) is 13.0 Å². The van der Waals surface area contributed by atoms with E-state index in [0.717, 1.165) is 0 Å². The zero-order valence-electron chi connectivity index (χ0n) is 7.69. The fraction of sp³-hybridized carbons (Fsp3) is 0.250. The number of hydrogen-bond donors (Lipinski definition) is 2. The molecular formula is C8H11N3O3. The van der Waals surface area contributed by atoms with E-state index in [9.17, 15) is 10.1 Å². The van der Waals surface area contributed by atoms with Crippen LogP contribution in [0.1, 0.15) is 6.92 Å². The molecule has 0 bridgehead atoms. The molecule has 1 aromatic carbocycles. The van der Waals surface area contributed by atoms with E-state index in [2.05, 4.69) is 5.43 Å². The van der Waals surface area contributed by atoms with Crippen LogP contribution in [0.15, 0.2) is 18.2 Å². The van der Waals surface area contributed by atoms with E-state index in [1.54, 1.807) is 6.92 Å². The van der Waals surface area contributed by atoms with Gasteiger partial charge in [-0.3, -0.25) is 16.0 Å². The van der Waals surface area contributed by atoms with Crippen LogP contribution in [-0.4, -0.2) is 11.5 Å². The van der Waals surface area contributed by atoms with Gasteiger partial charge in [0, 0.05) is 6.07 Å². The Kier molecular flexibility index (Phi) is 3.24. The van der Waals surface area contributed by atoms with Crippen molar-refractivity contribution < 1.29 is 9.66 Å². The van der Waals surface area contributed by atoms with Gasteiger partial charge in [-0.15, -0.1) is 0 Å². The molecule has 0 heterocycles. The monoisotopic (exact) mass is 197 g/mol. The second-order valence-corrected chi connectivity index (χ2v) is 2.51. The minimum absolute atomic E-state index is 0.0209. The maximum absolute atomic E-state index is 10.5. The molecule has 0 aliphatic rings. The third-order valence-electron chi connectivity index (χ3n) is 1.63. The maximum atomic E-state index is 10.5. The number of nitro groups is 1. The topological polar surface area (TPSA) is 90.4 Å². The molecule has 6 nitrogen and oxygen atoms in total. The Morgan fingerprint density at radius 2 is 2.36 bits per heavy atom. The van der Waals surface area contributed by atoms with Gasteiger partial charge in [0.2, 0.25) is 0 Å². The van der Waals surface area contributed by atoms with E-state index in [0.29, 0.717) is 18.0 Å². The van der Waals surface area contributed by atoms with Crippen molar-refractivity contribution in [1.82, 2.24) is 0 Å². The molecule has 0 aliphatic heterocycles. The highest BCUT2D eigenvalue weighted by atomic mass is 16.6. The second kappa shape index (κ2) is 4.43. The highest BCUT2D eigenvalue weighted by molar-refractivity contribution is 5.59. The molecule has 1 rings (SSSR count). The normalized spacial score (nSPS) is 9.57. The number of nitrogens with two attached hydrogens (primary N) is 1. The zero-order valence-corrected chi connectivity index (χ0v) is 7.69. The van der Waals surface area contributed by atoms with Crippen LogP contribution in [0.3, 0.4) is 0 Å². The first-order chi connectivity index (χ1) is 6.69. The number of nitrogens with zero attached hydrogens (tertiary/aromatic N) is 1. The van der Waals surface area contributed by atoms with Gasteiger partial charge in [-0.1, -0.05) is 0 Å². The van der Waals surface area contributed by atoms with Crippen LogP contribution in [0.4, 0.5) is 11.4 Å². The molecule has 0 spiro atoms. The lowest BCUT2D eigenvalue weighted by Crippen LogP contribution is -2.09. The van der Waals surface area contributed by atoms with Crippen molar-refractivity contribution in [3.8, 4) is 5.75 Å². The Hall–Kier alpha value is -1.82. The van der Waals surface area contributed by atoms with Gasteiger partial charge in [-0.2, -0.15) is 0 Å². The van der Waals surface area contributed by atoms with Gasteiger partial charge < -0.3 is 10.2 Å². The lowest BCUT2D eigenvalue weighted by atomic mass is 10.2. The van der Waals surface area contributed by atoms with Crippen molar-refractivity contribution >= 4 is 11.4 Å². The maximum Gasteiger partial charge on any atom is 0.273 e. The number of nitro benzene ring substituents is 1. The quantitative estimate of drug-likeness (QED) is 0.431. The minimum atomic E-state index is -0.483. The Bertz CT molecular complexity index is 341. The molecule has 0 fully saturated rings. The number of nitrogen functional groups attached to an aromatic ring is 1. The molecule has 0 aliphatic carbocycles. The van der Waals surface area contributed by atoms with Crippen LogP contribution in [-0.2, 0) is 0 Å². The fourth-order valence-electron chi connectivity index (χ4n) is 1.02. The van der Waals surface area contributed by atoms with Crippen LogP contribution in [0.25, 0.3) is 0 Å². The summed E-state index contributed by atoms with van der Waals surface area (Å²) in [6, 6.07) is 4.19. The fourth-order valence-corrected chi connectivity index (χ4v) is 1.02. The first-order valence-corrected chi connectivity index (χ1v) is 4.07. The van der Waals surface area contributed by atoms with Gasteiger partial charge in [0.25, 0.3) is 5.69 Å². The first-order valence-electron chi connectivity index (χ1n) is 4.07. The van der Waals surface area contributed by atoms with Gasteiger partial charge in [0.15, 0.2) is 5.75 Å². The van der Waals surface area contributed by atoms with Crippen molar-refractivity contribution in [3.05, 3.63) is 28.3 Å². The molecule has 3 N–H and O–H groups in total. The van der Waals surface area contributed by atoms with Crippen molar-refractivity contribution in [2.24, 2.45) is 5.84 Å². The molecular weight excluding hydrogens is 186 g/mol. The lowest BCUT2D eigenvalue weighted by molar-refractivity contribution is -0.384. The number of anilines is 1. The summed E-state index contributed by atoms with van der Waals surface area (Å²) in [5.74, 6) is 5.59. The highest BCUT2D eigenvalue weighted by Crippen LogP contribution is 2.28. The van der Waals surface area contributed by atoms with E-state index in [-0.39, 0.29) is 5.69 Å². The minimum Gasteiger partial charge on any atom is -0.491 e. The SMILES string of the molecule is CCOc1cc([N+](=O)[O-])ccc1NN. The van der Waals surface area contributed by atoms with Gasteiger partial charge in [0.05, 0.1) is 23.3 Å². The molecule has 0 atom stereocenters. The van der Waals surface area contributed by atoms with E-state index < -0.39 is 4.92 Å². The molecule has 0 radical (unpaired) electrons. The average molecular weight is 197 g/mol. The highest BCUT2D eigenvalue weighted by Gasteiger charge is 2.10. The van der Waals surface area contributed by atoms with Crippen molar-refractivity contribution in [2.45, 2.75) is 6.92 Å². The first kappa shape index (κ1) is 10.3. The number of rotatable bonds is 4. The summed E-state index contributed by atoms with van der Waals surface area (Å²) in [4.78, 5) is 9.97. The summed E-state index contributed by atoms with van der Waals surface area (Å²) in [5, 5.41) is 10.5. The molecule has 0 saturated heterocycles. The number of hydrazine groups is 1. The molecule has 14 heavy (non-hydrogen) atoms. The third-order valence-corrected chi connectivity index (χ3v) is 1.63. The van der Waals surface area contributed by atoms with E-state index >= 15 is 0 Å². The van der Waals surface area contributed by atoms with E-state index in [1.165, 1.54) is 18.2 Å². The van der Waals surface area contributed by atoms with E-state index in [4.69, 9.17) is 10.6 Å². The number of non-ortho nitro benzene ring substituents is 1. The van der Waals surface area contributed by atoms with Crippen LogP contribution in [0.2, 0.25) is 0 Å². The predicted molar refractivity (Wildman–Crippen MR) is 52.1 cm³/mol. The van der Waals surface area contributed by atoms with Crippen LogP contribution < -0.4 is 16.0 Å². The van der Waals surface area contributed by atoms with Crippen molar-refractivity contribution in [2.75, 3.05) is 12.0 Å². The molecule has 0 aromatic heterocycles. The molecule has 0 saturated carbocycles. The van der Waals surface area contributed by atoms with Gasteiger partial charge >= 0.3 is 0 Å². The summed E-state index contributed by atoms with van der Waals surface area (Å²) in [5.41, 5.74) is 2.90. The molecule has 0 unspecified atom stereocenters. The van der Waals surface area contributed by atoms with Crippen LogP contribution in [0, 0.1) is 10.1 Å². The Labute approximate surface area is 80.8 Å². The number of ether oxygens (including phenoxy) is 1. The van der Waals surface area contributed by atoms with Gasteiger partial charge in [-0.25, -0.2) is 0 Å². The zero-order chi connectivity index (χ0) is 10.6. The largest absolute Gasteiger partial charge is 0.491 e. The van der Waals surface area contributed by atoms with Crippen molar-refractivity contribution in [3.63, 3.8) is 0 Å². The molecule has 76 valence electrons. The Balaban J connectivity index is 3.07. The summed E-state index contributed by atoms with van der Waals surface area (Å²) in [6.07, 6.45) is 0. The summed E-state index contributed by atoms with van der Waals surface area (Å²) in [7, 11) is 0. The molecule has 0 amide bonds. The Morgan fingerprint density at radius 1 is 1.64 bits per heavy atom. The van der Waals surface area contributed by atoms with Crippen molar-refractivity contribution in [1.29, 1.82) is 0 Å². The van der Waals surface area contributed by atoms with Gasteiger partial charge in [0.1, 0.15) is 0 Å². The summed E-state index contributed by atoms with van der Waals surface area (Å²) < 4.78 is 5.17. The average Bonchev–Trinajstić information content (AvgIpc) is 2.18. The predicted octanol–water partition coefficient (Wildman–Crippen LogP) is 1.28. The third kappa shape index (κ3) is 2.11. The summed E-state index contributed by atoms with van der Waals surface area (Å²) in [6.45, 7) is 2.22. The number of hydrogen-bond acceptors (Lipinski definition) is 5. The van der Waals surface area contributed by atoms with E-state index in [1.807, 2.05) is 0 Å². The van der Waals surface area contributed by atoms with Crippen LogP contribution in [0.5, 0.6) is 5.75 Å². The number of benzene rings is 1. The smallest absolute Gasteiger partial charge is 0.273 e. The second-order valence-electron chi connectivity index (χ2n) is 2.51. The molecule has 1 aromatic rings. The Morgan fingerprint density at radius 3 is 2.86 bits per heavy atom. The van der Waals surface area contributed by atoms with Crippen LogP contribution >= 0.6 is 0 Å². The summed E-state index contributed by atoms with van der Waals surface area (Å²) >= 11 is 0. The molecule has 6 heteroatoms. The number of nitrogens with one attached hydrogen (secondary N) is 1.